The van der Waals surface area contributed by atoms with Crippen LogP contribution in [0.5, 0.6) is 0 Å². The molecule has 0 radical (unpaired) electrons. The summed E-state index contributed by atoms with van der Waals surface area (Å²) in [5.74, 6) is 1.36. The van der Waals surface area contributed by atoms with Gasteiger partial charge >= 0.3 is 0 Å². The van der Waals surface area contributed by atoms with Crippen molar-refractivity contribution in [3.05, 3.63) is 34.9 Å². The summed E-state index contributed by atoms with van der Waals surface area (Å²) >= 11 is 7.39. The molecular formula is C14H19ClN2O2S. The molecule has 1 aromatic rings. The Hall–Kier alpha value is -0.750. The molecule has 0 spiro atoms. The van der Waals surface area contributed by atoms with Crippen LogP contribution in [0.1, 0.15) is 5.56 Å². The maximum absolute atomic E-state index is 11.7. The Bertz CT molecular complexity index is 441. The maximum atomic E-state index is 11.7. The van der Waals surface area contributed by atoms with Crippen LogP contribution in [0.15, 0.2) is 24.3 Å². The third-order valence-electron chi connectivity index (χ3n) is 3.28. The van der Waals surface area contributed by atoms with Gasteiger partial charge in [-0.1, -0.05) is 23.7 Å². The Morgan fingerprint density at radius 2 is 2.15 bits per heavy atom. The monoisotopic (exact) mass is 314 g/mol. The molecule has 0 aromatic heterocycles. The lowest BCUT2D eigenvalue weighted by Gasteiger charge is -2.13. The highest BCUT2D eigenvalue weighted by atomic mass is 35.5. The second kappa shape index (κ2) is 7.88. The van der Waals surface area contributed by atoms with Gasteiger partial charge in [0.25, 0.3) is 0 Å². The molecule has 2 unspecified atom stereocenters. The second-order valence-corrected chi connectivity index (χ2v) is 6.33. The number of thioether (sulfide) groups is 1. The number of amides is 1. The first-order chi connectivity index (χ1) is 9.65. The molecule has 3 N–H and O–H groups in total. The van der Waals surface area contributed by atoms with Crippen LogP contribution in [0.4, 0.5) is 0 Å². The molecular weight excluding hydrogens is 296 g/mol. The minimum atomic E-state index is -0.350. The van der Waals surface area contributed by atoms with Gasteiger partial charge in [0.2, 0.25) is 5.91 Å². The number of hydrogen-bond donors (Lipinski definition) is 3. The number of halogens is 1. The van der Waals surface area contributed by atoms with Crippen molar-refractivity contribution < 1.29 is 9.90 Å². The lowest BCUT2D eigenvalue weighted by atomic mass is 10.1. The van der Waals surface area contributed by atoms with E-state index >= 15 is 0 Å². The van der Waals surface area contributed by atoms with Crippen LogP contribution in [-0.2, 0) is 10.5 Å². The molecule has 2 rings (SSSR count). The first-order valence-corrected chi connectivity index (χ1v) is 8.16. The number of aliphatic hydroxyl groups excluding tert-OH is 1. The van der Waals surface area contributed by atoms with E-state index in [0.29, 0.717) is 18.8 Å². The second-order valence-electron chi connectivity index (χ2n) is 4.91. The smallest absolute Gasteiger partial charge is 0.230 e. The number of benzene rings is 1. The normalized spacial score (nSPS) is 21.9. The number of nitrogens with one attached hydrogen (secondary N) is 2. The average molecular weight is 315 g/mol. The minimum Gasteiger partial charge on any atom is -0.391 e. The lowest BCUT2D eigenvalue weighted by molar-refractivity contribution is -0.118. The summed E-state index contributed by atoms with van der Waals surface area (Å²) < 4.78 is 0. The number of carbonyl (C=O) groups excluding carboxylic acids is 1. The van der Waals surface area contributed by atoms with Crippen molar-refractivity contribution in [3.8, 4) is 0 Å². The third kappa shape index (κ3) is 4.98. The first-order valence-electron chi connectivity index (χ1n) is 6.63. The summed E-state index contributed by atoms with van der Waals surface area (Å²) in [7, 11) is 0. The number of β-amino-alcohol motifs (C(OH)–C–C–N with tert-alkyl or cyclic N) is 1. The van der Waals surface area contributed by atoms with E-state index in [9.17, 15) is 9.90 Å². The Kier molecular flexibility index (Phi) is 6.16. The van der Waals surface area contributed by atoms with Gasteiger partial charge in [0.05, 0.1) is 11.9 Å². The summed E-state index contributed by atoms with van der Waals surface area (Å²) in [4.78, 5) is 11.7. The molecule has 1 aliphatic heterocycles. The highest BCUT2D eigenvalue weighted by Gasteiger charge is 2.24. The fourth-order valence-electron chi connectivity index (χ4n) is 2.07. The number of carbonyl (C=O) groups is 1. The number of aliphatic hydroxyl groups is 1. The van der Waals surface area contributed by atoms with Gasteiger partial charge in [-0.05, 0) is 17.7 Å². The fraction of sp³-hybridized carbons (Fsp3) is 0.500. The maximum Gasteiger partial charge on any atom is 0.230 e. The van der Waals surface area contributed by atoms with Crippen molar-refractivity contribution in [3.63, 3.8) is 0 Å². The molecule has 1 amide bonds. The van der Waals surface area contributed by atoms with Gasteiger partial charge in [-0.3, -0.25) is 4.79 Å². The van der Waals surface area contributed by atoms with E-state index in [4.69, 9.17) is 11.6 Å². The van der Waals surface area contributed by atoms with E-state index in [-0.39, 0.29) is 17.9 Å². The lowest BCUT2D eigenvalue weighted by Crippen LogP contribution is -2.35. The van der Waals surface area contributed by atoms with Gasteiger partial charge in [0.1, 0.15) is 0 Å². The number of rotatable bonds is 6. The Morgan fingerprint density at radius 1 is 1.40 bits per heavy atom. The summed E-state index contributed by atoms with van der Waals surface area (Å²) in [5.41, 5.74) is 1.16. The first kappa shape index (κ1) is 15.6. The Balaban J connectivity index is 1.61. The van der Waals surface area contributed by atoms with Crippen LogP contribution in [-0.4, -0.2) is 42.5 Å². The van der Waals surface area contributed by atoms with Crippen LogP contribution in [0.25, 0.3) is 0 Å². The Morgan fingerprint density at radius 3 is 2.80 bits per heavy atom. The average Bonchev–Trinajstić information content (AvgIpc) is 2.84. The zero-order valence-corrected chi connectivity index (χ0v) is 12.7. The zero-order valence-electron chi connectivity index (χ0n) is 11.1. The SMILES string of the molecule is O=C(CSCc1ccc(Cl)cc1)NCC1CNCC1O. The van der Waals surface area contributed by atoms with E-state index in [1.54, 1.807) is 11.8 Å². The van der Waals surface area contributed by atoms with Gasteiger partial charge in [-0.2, -0.15) is 0 Å². The van der Waals surface area contributed by atoms with Crippen LogP contribution in [0.3, 0.4) is 0 Å². The molecule has 1 aromatic carbocycles. The summed E-state index contributed by atoms with van der Waals surface area (Å²) in [6.45, 7) is 1.92. The van der Waals surface area contributed by atoms with Gasteiger partial charge in [0, 0.05) is 36.3 Å². The molecule has 20 heavy (non-hydrogen) atoms. The van der Waals surface area contributed by atoms with E-state index in [2.05, 4.69) is 10.6 Å². The van der Waals surface area contributed by atoms with E-state index in [0.717, 1.165) is 22.9 Å². The van der Waals surface area contributed by atoms with Gasteiger partial charge in [-0.15, -0.1) is 11.8 Å². The summed E-state index contributed by atoms with van der Waals surface area (Å²) in [6, 6.07) is 7.64. The highest BCUT2D eigenvalue weighted by molar-refractivity contribution is 7.99. The molecule has 1 saturated heterocycles. The molecule has 0 saturated carbocycles. The molecule has 0 aliphatic carbocycles. The summed E-state index contributed by atoms with van der Waals surface area (Å²) in [5, 5.41) is 16.3. The van der Waals surface area contributed by atoms with Crippen LogP contribution < -0.4 is 10.6 Å². The minimum absolute atomic E-state index is 0.0167. The largest absolute Gasteiger partial charge is 0.391 e. The van der Waals surface area contributed by atoms with Crippen LogP contribution in [0.2, 0.25) is 5.02 Å². The molecule has 6 heteroatoms. The van der Waals surface area contributed by atoms with Crippen LogP contribution in [0, 0.1) is 5.92 Å². The van der Waals surface area contributed by atoms with Gasteiger partial charge < -0.3 is 15.7 Å². The molecule has 1 heterocycles. The standard InChI is InChI=1S/C14H19ClN2O2S/c15-12-3-1-10(2-4-12)8-20-9-14(19)17-6-11-5-16-7-13(11)18/h1-4,11,13,16,18H,5-9H2,(H,17,19). The van der Waals surface area contributed by atoms with E-state index < -0.39 is 0 Å². The summed E-state index contributed by atoms with van der Waals surface area (Å²) in [6.07, 6.45) is -0.350. The van der Waals surface area contributed by atoms with Crippen molar-refractivity contribution in [1.82, 2.24) is 10.6 Å². The third-order valence-corrected chi connectivity index (χ3v) is 4.54. The van der Waals surface area contributed by atoms with Gasteiger partial charge in [0.15, 0.2) is 0 Å². The fourth-order valence-corrected chi connectivity index (χ4v) is 3.01. The highest BCUT2D eigenvalue weighted by Crippen LogP contribution is 2.15. The predicted molar refractivity (Wildman–Crippen MR) is 83.0 cm³/mol. The number of hydrogen-bond acceptors (Lipinski definition) is 4. The molecule has 1 aliphatic rings. The Labute approximate surface area is 128 Å². The molecule has 0 bridgehead atoms. The molecule has 2 atom stereocenters. The van der Waals surface area contributed by atoms with Crippen molar-refractivity contribution in [1.29, 1.82) is 0 Å². The van der Waals surface area contributed by atoms with Crippen LogP contribution >= 0.6 is 23.4 Å². The van der Waals surface area contributed by atoms with Crippen molar-refractivity contribution >= 4 is 29.3 Å². The van der Waals surface area contributed by atoms with Crippen molar-refractivity contribution in [2.24, 2.45) is 5.92 Å². The molecule has 1 fully saturated rings. The molecule has 110 valence electrons. The zero-order chi connectivity index (χ0) is 14.4. The van der Waals surface area contributed by atoms with E-state index in [1.807, 2.05) is 24.3 Å². The topological polar surface area (TPSA) is 61.4 Å². The van der Waals surface area contributed by atoms with E-state index in [1.165, 1.54) is 0 Å². The van der Waals surface area contributed by atoms with Crippen molar-refractivity contribution in [2.75, 3.05) is 25.4 Å². The predicted octanol–water partition coefficient (Wildman–Crippen LogP) is 1.27. The quantitative estimate of drug-likeness (QED) is 0.740. The molecule has 4 nitrogen and oxygen atoms in total. The van der Waals surface area contributed by atoms with Crippen molar-refractivity contribution in [2.45, 2.75) is 11.9 Å². The van der Waals surface area contributed by atoms with Gasteiger partial charge in [-0.25, -0.2) is 0 Å².